The summed E-state index contributed by atoms with van der Waals surface area (Å²) in [7, 11) is -4.17. The number of aliphatic hydroxyl groups excluding tert-OH is 2. The molecule has 0 saturated heterocycles. The summed E-state index contributed by atoms with van der Waals surface area (Å²) >= 11 is 0. The van der Waals surface area contributed by atoms with Crippen molar-refractivity contribution in [2.45, 2.75) is 30.9 Å². The van der Waals surface area contributed by atoms with Crippen LogP contribution in [0.5, 0.6) is 0 Å². The number of aliphatic hydroxyl groups is 2. The topological polar surface area (TPSA) is 94.8 Å². The van der Waals surface area contributed by atoms with Gasteiger partial charge in [0.05, 0.1) is 4.75 Å². The van der Waals surface area contributed by atoms with Gasteiger partial charge in [-0.2, -0.15) is 8.42 Å². The first-order valence-corrected chi connectivity index (χ1v) is 5.50. The Morgan fingerprint density at radius 2 is 1.69 bits per heavy atom. The third-order valence-electron chi connectivity index (χ3n) is 2.13. The first-order valence-electron chi connectivity index (χ1n) is 4.06. The molecule has 1 unspecified atom stereocenters. The van der Waals surface area contributed by atoms with E-state index in [4.69, 9.17) is 14.8 Å². The van der Waals surface area contributed by atoms with Gasteiger partial charge in [0.25, 0.3) is 10.1 Å². The van der Waals surface area contributed by atoms with Gasteiger partial charge in [-0.3, -0.25) is 4.55 Å². The lowest BCUT2D eigenvalue weighted by molar-refractivity contribution is 0.240. The number of hydrogen-bond donors (Lipinski definition) is 3. The molecule has 0 saturated carbocycles. The van der Waals surface area contributed by atoms with E-state index in [1.165, 1.54) is 6.92 Å². The molecule has 0 heterocycles. The van der Waals surface area contributed by atoms with Gasteiger partial charge in [-0.25, -0.2) is 0 Å². The predicted octanol–water partition coefficient (Wildman–Crippen LogP) is -0.212. The second-order valence-corrected chi connectivity index (χ2v) is 5.16. The Hall–Kier alpha value is -0.170. The fraction of sp³-hybridized carbons (Fsp3) is 1.00. The molecular formula is C7H16O5S. The van der Waals surface area contributed by atoms with Crippen molar-refractivity contribution >= 4 is 10.1 Å². The normalized spacial score (nSPS) is 16.9. The smallest absolute Gasteiger partial charge is 0.270 e. The highest BCUT2D eigenvalue weighted by atomic mass is 32.2. The van der Waals surface area contributed by atoms with Crippen LogP contribution in [-0.2, 0) is 10.1 Å². The average molecular weight is 212 g/mol. The van der Waals surface area contributed by atoms with E-state index in [0.29, 0.717) is 0 Å². The van der Waals surface area contributed by atoms with Gasteiger partial charge in [0.1, 0.15) is 0 Å². The monoisotopic (exact) mass is 212 g/mol. The highest BCUT2D eigenvalue weighted by molar-refractivity contribution is 7.87. The van der Waals surface area contributed by atoms with E-state index in [2.05, 4.69) is 0 Å². The van der Waals surface area contributed by atoms with Crippen LogP contribution in [0.3, 0.4) is 0 Å². The molecule has 0 aromatic heterocycles. The number of rotatable bonds is 6. The lowest BCUT2D eigenvalue weighted by Gasteiger charge is -2.24. The zero-order valence-corrected chi connectivity index (χ0v) is 8.42. The zero-order chi connectivity index (χ0) is 10.5. The Morgan fingerprint density at radius 1 is 1.15 bits per heavy atom. The fourth-order valence-electron chi connectivity index (χ4n) is 1.07. The molecule has 0 rings (SSSR count). The maximum atomic E-state index is 10.9. The first kappa shape index (κ1) is 12.8. The highest BCUT2D eigenvalue weighted by Gasteiger charge is 2.36. The molecule has 13 heavy (non-hydrogen) atoms. The SMILES string of the molecule is CC(CCO)(CCCO)S(=O)(=O)O. The first-order chi connectivity index (χ1) is 5.87. The molecular weight excluding hydrogens is 196 g/mol. The van der Waals surface area contributed by atoms with Crippen LogP contribution >= 0.6 is 0 Å². The molecule has 0 amide bonds. The molecule has 3 N–H and O–H groups in total. The van der Waals surface area contributed by atoms with Crippen LogP contribution in [0.15, 0.2) is 0 Å². The van der Waals surface area contributed by atoms with E-state index in [0.717, 1.165) is 0 Å². The van der Waals surface area contributed by atoms with Crippen molar-refractivity contribution in [3.8, 4) is 0 Å². The molecule has 0 bridgehead atoms. The lowest BCUT2D eigenvalue weighted by atomic mass is 10.0. The van der Waals surface area contributed by atoms with Gasteiger partial charge >= 0.3 is 0 Å². The largest absolute Gasteiger partial charge is 0.396 e. The van der Waals surface area contributed by atoms with Crippen LogP contribution in [0.25, 0.3) is 0 Å². The molecule has 80 valence electrons. The molecule has 0 aromatic rings. The van der Waals surface area contributed by atoms with Gasteiger partial charge in [-0.05, 0) is 26.2 Å². The maximum Gasteiger partial charge on any atom is 0.270 e. The molecule has 0 aliphatic heterocycles. The Kier molecular flexibility index (Phi) is 4.83. The summed E-state index contributed by atoms with van der Waals surface area (Å²) in [6, 6.07) is 0. The molecule has 0 aliphatic carbocycles. The summed E-state index contributed by atoms with van der Waals surface area (Å²) in [5, 5.41) is 17.2. The van der Waals surface area contributed by atoms with Crippen molar-refractivity contribution in [3.05, 3.63) is 0 Å². The van der Waals surface area contributed by atoms with Gasteiger partial charge < -0.3 is 10.2 Å². The van der Waals surface area contributed by atoms with E-state index in [1.54, 1.807) is 0 Å². The zero-order valence-electron chi connectivity index (χ0n) is 7.60. The lowest BCUT2D eigenvalue weighted by Crippen LogP contribution is -2.36. The minimum Gasteiger partial charge on any atom is -0.396 e. The second-order valence-electron chi connectivity index (χ2n) is 3.23. The third kappa shape index (κ3) is 3.60. The molecule has 0 radical (unpaired) electrons. The van der Waals surface area contributed by atoms with Crippen LogP contribution in [0.4, 0.5) is 0 Å². The van der Waals surface area contributed by atoms with Gasteiger partial charge in [-0.1, -0.05) is 0 Å². The molecule has 0 spiro atoms. The summed E-state index contributed by atoms with van der Waals surface area (Å²) in [5.41, 5.74) is 0. The Bertz CT molecular complexity index is 235. The molecule has 0 aromatic carbocycles. The van der Waals surface area contributed by atoms with Crippen molar-refractivity contribution in [3.63, 3.8) is 0 Å². The quantitative estimate of drug-likeness (QED) is 0.529. The minimum absolute atomic E-state index is 0.0220. The standard InChI is InChI=1S/C7H16O5S/c1-7(4-6-9,3-2-5-8)13(10,11)12/h8-9H,2-6H2,1H3,(H,10,11,12). The van der Waals surface area contributed by atoms with E-state index < -0.39 is 14.9 Å². The maximum absolute atomic E-state index is 10.9. The molecule has 0 fully saturated rings. The van der Waals surface area contributed by atoms with Crippen molar-refractivity contribution in [2.24, 2.45) is 0 Å². The molecule has 1 atom stereocenters. The summed E-state index contributed by atoms with van der Waals surface area (Å²) in [6.07, 6.45) is 0.408. The molecule has 5 nitrogen and oxygen atoms in total. The van der Waals surface area contributed by atoms with E-state index in [9.17, 15) is 8.42 Å². The average Bonchev–Trinajstić information content (AvgIpc) is 1.99. The van der Waals surface area contributed by atoms with Gasteiger partial charge in [0.15, 0.2) is 0 Å². The predicted molar refractivity (Wildman–Crippen MR) is 48.0 cm³/mol. The summed E-state index contributed by atoms with van der Waals surface area (Å²) in [4.78, 5) is 0. The van der Waals surface area contributed by atoms with Crippen LogP contribution in [0.1, 0.15) is 26.2 Å². The van der Waals surface area contributed by atoms with E-state index >= 15 is 0 Å². The van der Waals surface area contributed by atoms with Crippen LogP contribution in [0.2, 0.25) is 0 Å². The summed E-state index contributed by atoms with van der Waals surface area (Å²) in [6.45, 7) is 0.923. The molecule has 6 heteroatoms. The second kappa shape index (κ2) is 4.90. The van der Waals surface area contributed by atoms with Crippen LogP contribution in [0, 0.1) is 0 Å². The Labute approximate surface area is 78.1 Å². The summed E-state index contributed by atoms with van der Waals surface area (Å²) in [5.74, 6) is 0. The van der Waals surface area contributed by atoms with Gasteiger partial charge in [0.2, 0.25) is 0 Å². The van der Waals surface area contributed by atoms with Crippen molar-refractivity contribution in [2.75, 3.05) is 13.2 Å². The third-order valence-corrected chi connectivity index (χ3v) is 3.78. The minimum atomic E-state index is -4.17. The fourth-order valence-corrected chi connectivity index (χ4v) is 1.82. The Balaban J connectivity index is 4.53. The summed E-state index contributed by atoms with van der Waals surface area (Å²) < 4.78 is 29.4. The van der Waals surface area contributed by atoms with Crippen LogP contribution < -0.4 is 0 Å². The van der Waals surface area contributed by atoms with Crippen molar-refractivity contribution < 1.29 is 23.2 Å². The van der Waals surface area contributed by atoms with Gasteiger partial charge in [-0.15, -0.1) is 0 Å². The highest BCUT2D eigenvalue weighted by Crippen LogP contribution is 2.25. The Morgan fingerprint density at radius 3 is 2.00 bits per heavy atom. The van der Waals surface area contributed by atoms with E-state index in [1.807, 2.05) is 0 Å². The van der Waals surface area contributed by atoms with Crippen molar-refractivity contribution in [1.82, 2.24) is 0 Å². The number of hydrogen-bond acceptors (Lipinski definition) is 4. The van der Waals surface area contributed by atoms with Crippen molar-refractivity contribution in [1.29, 1.82) is 0 Å². The van der Waals surface area contributed by atoms with E-state index in [-0.39, 0.29) is 32.5 Å². The van der Waals surface area contributed by atoms with Crippen LogP contribution in [-0.4, -0.2) is 41.1 Å². The molecule has 0 aliphatic rings. The van der Waals surface area contributed by atoms with Gasteiger partial charge in [0, 0.05) is 13.2 Å².